The van der Waals surface area contributed by atoms with Crippen LogP contribution in [0.4, 0.5) is 17.7 Å². The Morgan fingerprint density at radius 1 is 0.920 bits per heavy atom. The smallest absolute Gasteiger partial charge is 0.262 e. The van der Waals surface area contributed by atoms with E-state index >= 15 is 0 Å². The van der Waals surface area contributed by atoms with Crippen molar-refractivity contribution in [3.8, 4) is 22.4 Å². The second-order valence-electron chi connectivity index (χ2n) is 5.27. The minimum atomic E-state index is -0.557. The number of hydrogen-bond donors (Lipinski definition) is 6. The van der Waals surface area contributed by atoms with E-state index in [4.69, 9.17) is 17.2 Å². The van der Waals surface area contributed by atoms with Gasteiger partial charge in [0.1, 0.15) is 11.5 Å². The van der Waals surface area contributed by atoms with Crippen molar-refractivity contribution in [1.82, 2.24) is 24.9 Å². The van der Waals surface area contributed by atoms with E-state index in [1.54, 1.807) is 0 Å². The lowest BCUT2D eigenvalue weighted by Gasteiger charge is -2.06. The Morgan fingerprint density at radius 2 is 1.64 bits per heavy atom. The van der Waals surface area contributed by atoms with Crippen LogP contribution in [0.15, 0.2) is 26.4 Å². The Bertz CT molecular complexity index is 1220. The largest absolute Gasteiger partial charge is 0.383 e. The van der Waals surface area contributed by atoms with E-state index in [9.17, 15) is 9.59 Å². The number of fused-ring (bicyclic) bond motifs is 1. The van der Waals surface area contributed by atoms with Crippen molar-refractivity contribution in [2.75, 3.05) is 17.2 Å². The Labute approximate surface area is 142 Å². The number of nitrogens with two attached hydrogens (primary N) is 3. The van der Waals surface area contributed by atoms with Gasteiger partial charge in [0.15, 0.2) is 0 Å². The number of nitrogens with one attached hydrogen (secondary N) is 3. The van der Waals surface area contributed by atoms with E-state index in [1.165, 1.54) is 11.3 Å². The van der Waals surface area contributed by atoms with Crippen molar-refractivity contribution < 1.29 is 0 Å². The molecule has 25 heavy (non-hydrogen) atoms. The fourth-order valence-electron chi connectivity index (χ4n) is 2.74. The normalized spacial score (nSPS) is 11.2. The Morgan fingerprint density at radius 3 is 2.32 bits per heavy atom. The first-order valence-electron chi connectivity index (χ1n) is 7.05. The summed E-state index contributed by atoms with van der Waals surface area (Å²) in [6.45, 7) is 0. The van der Waals surface area contributed by atoms with Gasteiger partial charge in [-0.2, -0.15) is 21.3 Å². The van der Waals surface area contributed by atoms with Gasteiger partial charge in [0.05, 0.1) is 16.6 Å². The molecule has 0 atom stereocenters. The molecule has 11 heteroatoms. The van der Waals surface area contributed by atoms with Gasteiger partial charge in [-0.15, -0.1) is 0 Å². The highest BCUT2D eigenvalue weighted by molar-refractivity contribution is 7.08. The monoisotopic (exact) mass is 356 g/mol. The second-order valence-corrected chi connectivity index (χ2v) is 6.05. The number of nitrogens with zero attached hydrogens (tertiary/aromatic N) is 2. The van der Waals surface area contributed by atoms with Crippen LogP contribution in [0.5, 0.6) is 0 Å². The summed E-state index contributed by atoms with van der Waals surface area (Å²) in [5.74, 6) is -0.242. The maximum atomic E-state index is 12.5. The van der Waals surface area contributed by atoms with Crippen LogP contribution < -0.4 is 28.3 Å². The minimum absolute atomic E-state index is 0.0405. The van der Waals surface area contributed by atoms with Gasteiger partial charge in [-0.3, -0.25) is 19.6 Å². The molecule has 4 aromatic rings. The fraction of sp³-hybridized carbons (Fsp3) is 0. The molecule has 9 N–H and O–H groups in total. The van der Waals surface area contributed by atoms with Gasteiger partial charge in [0.25, 0.3) is 11.1 Å². The average molecular weight is 356 g/mol. The van der Waals surface area contributed by atoms with E-state index in [0.717, 1.165) is 5.56 Å². The van der Waals surface area contributed by atoms with Crippen LogP contribution in [0.25, 0.3) is 33.4 Å². The lowest BCUT2D eigenvalue weighted by Crippen LogP contribution is -2.18. The van der Waals surface area contributed by atoms with Gasteiger partial charge in [-0.25, -0.2) is 0 Å². The zero-order valence-electron chi connectivity index (χ0n) is 12.6. The van der Waals surface area contributed by atoms with Crippen LogP contribution in [0.1, 0.15) is 0 Å². The van der Waals surface area contributed by atoms with Crippen molar-refractivity contribution in [3.63, 3.8) is 0 Å². The molecule has 0 aliphatic rings. The second kappa shape index (κ2) is 5.21. The van der Waals surface area contributed by atoms with E-state index in [0.29, 0.717) is 11.3 Å². The molecule has 0 aliphatic heterocycles. The zero-order valence-corrected chi connectivity index (χ0v) is 13.4. The van der Waals surface area contributed by atoms with Gasteiger partial charge in [-0.1, -0.05) is 0 Å². The topological polar surface area (TPSA) is 185 Å². The van der Waals surface area contributed by atoms with Gasteiger partial charge in [0.2, 0.25) is 11.9 Å². The number of hydrogen-bond acceptors (Lipinski definition) is 8. The summed E-state index contributed by atoms with van der Waals surface area (Å²) < 4.78 is 0. The van der Waals surface area contributed by atoms with E-state index < -0.39 is 11.1 Å². The molecule has 0 aliphatic carbocycles. The van der Waals surface area contributed by atoms with E-state index in [1.807, 2.05) is 16.8 Å². The summed E-state index contributed by atoms with van der Waals surface area (Å²) in [7, 11) is 0. The maximum Gasteiger partial charge on any atom is 0.262 e. The molecular formula is C14H12N8O2S. The highest BCUT2D eigenvalue weighted by Gasteiger charge is 2.24. The molecule has 126 valence electrons. The third-order valence-corrected chi connectivity index (χ3v) is 4.39. The number of H-pyrrole nitrogens is 3. The van der Waals surface area contributed by atoms with Gasteiger partial charge < -0.3 is 22.2 Å². The Kier molecular flexibility index (Phi) is 3.12. The summed E-state index contributed by atoms with van der Waals surface area (Å²) in [4.78, 5) is 40.8. The maximum absolute atomic E-state index is 12.5. The fourth-order valence-corrected chi connectivity index (χ4v) is 3.39. The highest BCUT2D eigenvalue weighted by Crippen LogP contribution is 2.37. The van der Waals surface area contributed by atoms with Crippen molar-refractivity contribution in [2.45, 2.75) is 0 Å². The quantitative estimate of drug-likeness (QED) is 0.301. The SMILES string of the molecule is Nc1nc(N)c(-c2c(-c3ccsc3)[nH]c3nc(N)[nH]c(=O)c23)c(=O)[nH]1. The molecule has 0 fully saturated rings. The predicted octanol–water partition coefficient (Wildman–Crippen LogP) is 0.477. The Hall–Kier alpha value is -3.60. The molecule has 0 saturated carbocycles. The first kappa shape index (κ1) is 15.0. The Balaban J connectivity index is 2.22. The van der Waals surface area contributed by atoms with Crippen LogP contribution in [0, 0.1) is 0 Å². The third kappa shape index (κ3) is 2.25. The van der Waals surface area contributed by atoms with Crippen LogP contribution >= 0.6 is 11.3 Å². The predicted molar refractivity (Wildman–Crippen MR) is 97.1 cm³/mol. The number of aromatic nitrogens is 5. The molecule has 4 rings (SSSR count). The molecule has 4 heterocycles. The number of rotatable bonds is 2. The lowest BCUT2D eigenvalue weighted by atomic mass is 10.0. The highest BCUT2D eigenvalue weighted by atomic mass is 32.1. The van der Waals surface area contributed by atoms with Crippen LogP contribution in [-0.4, -0.2) is 24.9 Å². The summed E-state index contributed by atoms with van der Waals surface area (Å²) in [5, 5.41) is 3.89. The van der Waals surface area contributed by atoms with Crippen molar-refractivity contribution in [3.05, 3.63) is 37.5 Å². The first-order chi connectivity index (χ1) is 12.0. The summed E-state index contributed by atoms with van der Waals surface area (Å²) in [6, 6.07) is 1.84. The van der Waals surface area contributed by atoms with E-state index in [-0.39, 0.29) is 34.3 Å². The molecule has 0 amide bonds. The number of anilines is 3. The molecule has 10 nitrogen and oxygen atoms in total. The molecular weight excluding hydrogens is 344 g/mol. The first-order valence-corrected chi connectivity index (χ1v) is 7.99. The van der Waals surface area contributed by atoms with Crippen molar-refractivity contribution in [1.29, 1.82) is 0 Å². The average Bonchev–Trinajstić information content (AvgIpc) is 3.13. The zero-order chi connectivity index (χ0) is 17.7. The van der Waals surface area contributed by atoms with Crippen LogP contribution in [-0.2, 0) is 0 Å². The number of nitrogen functional groups attached to an aromatic ring is 3. The van der Waals surface area contributed by atoms with Crippen LogP contribution in [0.2, 0.25) is 0 Å². The van der Waals surface area contributed by atoms with Gasteiger partial charge >= 0.3 is 0 Å². The van der Waals surface area contributed by atoms with Crippen LogP contribution in [0.3, 0.4) is 0 Å². The van der Waals surface area contributed by atoms with Crippen molar-refractivity contribution in [2.24, 2.45) is 0 Å². The molecule has 0 radical (unpaired) electrons. The standard InChI is InChI=1S/C14H12N8O2S/c15-9-6(11(23)21-13(16)19-9)5-7-10(20-14(17)22-12(7)24)18-8(5)4-1-2-25-3-4/h1-3H,(H5,15,16,19,21,23)(H4,17,18,20,22,24). The molecule has 0 aromatic carbocycles. The molecule has 0 bridgehead atoms. The summed E-state index contributed by atoms with van der Waals surface area (Å²) in [6.07, 6.45) is 0. The summed E-state index contributed by atoms with van der Waals surface area (Å²) in [5.41, 5.74) is 17.9. The van der Waals surface area contributed by atoms with Crippen molar-refractivity contribution >= 4 is 40.1 Å². The lowest BCUT2D eigenvalue weighted by molar-refractivity contribution is 1.15. The molecule has 4 aromatic heterocycles. The summed E-state index contributed by atoms with van der Waals surface area (Å²) >= 11 is 1.46. The van der Waals surface area contributed by atoms with Gasteiger partial charge in [-0.05, 0) is 11.4 Å². The van der Waals surface area contributed by atoms with E-state index in [2.05, 4.69) is 24.9 Å². The number of aromatic amines is 3. The molecule has 0 saturated heterocycles. The third-order valence-electron chi connectivity index (χ3n) is 3.71. The molecule has 0 spiro atoms. The van der Waals surface area contributed by atoms with Gasteiger partial charge in [0, 0.05) is 16.5 Å². The minimum Gasteiger partial charge on any atom is -0.383 e. The molecule has 0 unspecified atom stereocenters. The number of thiophene rings is 1.